The van der Waals surface area contributed by atoms with Gasteiger partial charge in [0, 0.05) is 11.3 Å². The Morgan fingerprint density at radius 3 is 2.47 bits per heavy atom. The predicted octanol–water partition coefficient (Wildman–Crippen LogP) is 6.19. The summed E-state index contributed by atoms with van der Waals surface area (Å²) >= 11 is 0. The van der Waals surface area contributed by atoms with E-state index in [2.05, 4.69) is 52.0 Å². The van der Waals surface area contributed by atoms with Crippen molar-refractivity contribution in [2.75, 3.05) is 36.5 Å². The molecule has 2 fully saturated rings. The second-order valence-corrected chi connectivity index (χ2v) is 10.6. The summed E-state index contributed by atoms with van der Waals surface area (Å²) < 4.78 is 0. The van der Waals surface area contributed by atoms with Crippen LogP contribution >= 0.6 is 0 Å². The van der Waals surface area contributed by atoms with Gasteiger partial charge in [-0.3, -0.25) is 5.43 Å². The highest BCUT2D eigenvalue weighted by Gasteiger charge is 2.22. The highest BCUT2D eigenvalue weighted by Crippen LogP contribution is 2.38. The lowest BCUT2D eigenvalue weighted by Gasteiger charge is -2.29. The number of anilines is 2. The summed E-state index contributed by atoms with van der Waals surface area (Å²) in [6.45, 7) is 12.8. The summed E-state index contributed by atoms with van der Waals surface area (Å²) in [7, 11) is 0. The van der Waals surface area contributed by atoms with Crippen LogP contribution in [0.4, 0.5) is 11.4 Å². The molecular formula is C30H46N6. The smallest absolute Gasteiger partial charge is 0.146 e. The molecule has 0 atom stereocenters. The number of benzene rings is 1. The van der Waals surface area contributed by atoms with E-state index in [1.807, 2.05) is 11.1 Å². The zero-order valence-electron chi connectivity index (χ0n) is 22.1. The van der Waals surface area contributed by atoms with Gasteiger partial charge in [0.2, 0.25) is 0 Å². The maximum Gasteiger partial charge on any atom is 0.146 e. The molecule has 196 valence electrons. The van der Waals surface area contributed by atoms with Gasteiger partial charge < -0.3 is 16.0 Å². The number of nitrogens with two attached hydrogens (primary N) is 1. The number of nitrogens with one attached hydrogen (secondary N) is 2. The van der Waals surface area contributed by atoms with Crippen LogP contribution in [0, 0.1) is 5.92 Å². The maximum absolute atomic E-state index is 5.59. The van der Waals surface area contributed by atoms with Crippen LogP contribution in [-0.2, 0) is 6.42 Å². The van der Waals surface area contributed by atoms with Crippen molar-refractivity contribution in [1.29, 1.82) is 0 Å². The molecule has 3 aliphatic heterocycles. The number of hydrogen-bond acceptors (Lipinski definition) is 6. The lowest BCUT2D eigenvalue weighted by atomic mass is 9.87. The minimum Gasteiger partial charge on any atom is -0.354 e. The topological polar surface area (TPSA) is 68.9 Å². The van der Waals surface area contributed by atoms with E-state index >= 15 is 0 Å². The van der Waals surface area contributed by atoms with E-state index in [1.54, 1.807) is 6.34 Å². The third-order valence-corrected chi connectivity index (χ3v) is 7.88. The van der Waals surface area contributed by atoms with E-state index in [1.165, 1.54) is 88.5 Å². The lowest BCUT2D eigenvalue weighted by molar-refractivity contribution is 0.201. The number of unbranched alkanes of at least 4 members (excludes halogenated alkanes) is 1. The van der Waals surface area contributed by atoms with Gasteiger partial charge in [-0.15, -0.1) is 0 Å². The molecular weight excluding hydrogens is 444 g/mol. The second-order valence-electron chi connectivity index (χ2n) is 10.6. The number of likely N-dealkylation sites (tertiary alicyclic amines) is 1. The number of allylic oxidation sites excluding steroid dienone is 1. The van der Waals surface area contributed by atoms with E-state index in [9.17, 15) is 0 Å². The van der Waals surface area contributed by atoms with Gasteiger partial charge in [0.05, 0.1) is 11.4 Å². The molecule has 1 aromatic rings. The Bertz CT molecular complexity index is 919. The Kier molecular flexibility index (Phi) is 10.1. The molecule has 0 bridgehead atoms. The lowest BCUT2D eigenvalue weighted by Crippen LogP contribution is -2.31. The summed E-state index contributed by atoms with van der Waals surface area (Å²) in [5, 5.41) is 5.24. The fourth-order valence-electron chi connectivity index (χ4n) is 5.75. The van der Waals surface area contributed by atoms with Crippen molar-refractivity contribution in [3.05, 3.63) is 54.0 Å². The zero-order valence-corrected chi connectivity index (χ0v) is 22.1. The van der Waals surface area contributed by atoms with Crippen molar-refractivity contribution in [3.8, 4) is 0 Å². The Hall–Kier alpha value is -2.57. The number of aliphatic imine (C=N–C) groups is 1. The summed E-state index contributed by atoms with van der Waals surface area (Å²) in [6, 6.07) is 4.25. The number of hydrogen-bond donors (Lipinski definition) is 3. The highest BCUT2D eigenvalue weighted by atomic mass is 15.6. The van der Waals surface area contributed by atoms with Gasteiger partial charge in [-0.1, -0.05) is 63.8 Å². The number of nitrogens with zero attached hydrogens (tertiary/aromatic N) is 3. The Labute approximate surface area is 218 Å². The first-order valence-electron chi connectivity index (χ1n) is 14.2. The minimum absolute atomic E-state index is 0.667. The van der Waals surface area contributed by atoms with Crippen LogP contribution in [-0.4, -0.2) is 37.4 Å². The van der Waals surface area contributed by atoms with Crippen molar-refractivity contribution in [3.63, 3.8) is 0 Å². The number of aryl methyl sites for hydroxylation is 1. The number of rotatable bonds is 8. The molecule has 36 heavy (non-hydrogen) atoms. The second kappa shape index (κ2) is 13.7. The first kappa shape index (κ1) is 26.5. The van der Waals surface area contributed by atoms with Gasteiger partial charge in [-0.25, -0.2) is 10.0 Å². The van der Waals surface area contributed by atoms with Crippen LogP contribution in [0.3, 0.4) is 0 Å². The largest absolute Gasteiger partial charge is 0.354 e. The molecule has 0 aromatic heterocycles. The van der Waals surface area contributed by atoms with Crippen LogP contribution in [0.5, 0.6) is 0 Å². The van der Waals surface area contributed by atoms with E-state index in [0.29, 0.717) is 5.82 Å². The van der Waals surface area contributed by atoms with Gasteiger partial charge in [-0.2, -0.15) is 0 Å². The van der Waals surface area contributed by atoms with E-state index in [-0.39, 0.29) is 0 Å². The van der Waals surface area contributed by atoms with E-state index < -0.39 is 0 Å². The average molecular weight is 491 g/mol. The standard InChI is InChI=1S/C17H21N5.C13H25N/c1-12-6-8-15-14(5-3-4-10-18)7-9-16(17(15)21-12)22-13(2)19-11-20-22;1-3-7-13(8-4-1)9-12-14-10-5-2-6-11-14/h6-9,11,21H,1-5,10,18H2,(H,19,20);13H,1-12H2. The molecule has 1 aliphatic carbocycles. The number of hydrazine groups is 1. The van der Waals surface area contributed by atoms with E-state index in [4.69, 9.17) is 5.73 Å². The highest BCUT2D eigenvalue weighted by molar-refractivity contribution is 5.88. The van der Waals surface area contributed by atoms with Gasteiger partial charge in [0.1, 0.15) is 12.2 Å². The number of piperidine rings is 1. The predicted molar refractivity (Wildman–Crippen MR) is 155 cm³/mol. The van der Waals surface area contributed by atoms with Crippen molar-refractivity contribution >= 4 is 23.8 Å². The van der Waals surface area contributed by atoms with Crippen LogP contribution in [0.2, 0.25) is 0 Å². The molecule has 0 radical (unpaired) electrons. The Morgan fingerprint density at radius 1 is 0.972 bits per heavy atom. The van der Waals surface area contributed by atoms with Gasteiger partial charge in [0.25, 0.3) is 0 Å². The summed E-state index contributed by atoms with van der Waals surface area (Å²) in [6.07, 6.45) is 22.3. The fourth-order valence-corrected chi connectivity index (χ4v) is 5.75. The third-order valence-electron chi connectivity index (χ3n) is 7.88. The molecule has 0 spiro atoms. The van der Waals surface area contributed by atoms with Crippen molar-refractivity contribution < 1.29 is 0 Å². The molecule has 1 saturated carbocycles. The van der Waals surface area contributed by atoms with Gasteiger partial charge >= 0.3 is 0 Å². The van der Waals surface area contributed by atoms with Gasteiger partial charge in [0.15, 0.2) is 0 Å². The SMILES string of the molecule is C1CCC(CCN2CCCCC2)CC1.C=C1C=Cc2c(CCCCN)ccc(N3NC=NC3=C)c2N1. The molecule has 0 unspecified atom stereocenters. The van der Waals surface area contributed by atoms with Crippen LogP contribution in [0.1, 0.15) is 81.8 Å². The van der Waals surface area contributed by atoms with Crippen molar-refractivity contribution in [1.82, 2.24) is 10.3 Å². The molecule has 5 rings (SSSR count). The third kappa shape index (κ3) is 7.23. The fraction of sp³-hybridized carbons (Fsp3) is 0.567. The molecule has 0 amide bonds. The first-order valence-corrected chi connectivity index (χ1v) is 14.2. The first-order chi connectivity index (χ1) is 17.7. The maximum atomic E-state index is 5.59. The zero-order chi connectivity index (χ0) is 25.2. The van der Waals surface area contributed by atoms with Crippen molar-refractivity contribution in [2.45, 2.75) is 77.0 Å². The Balaban J connectivity index is 0.000000187. The monoisotopic (exact) mass is 490 g/mol. The van der Waals surface area contributed by atoms with Gasteiger partial charge in [-0.05, 0) is 88.3 Å². The molecule has 1 aromatic carbocycles. The molecule has 6 nitrogen and oxygen atoms in total. The molecule has 1 saturated heterocycles. The average Bonchev–Trinajstić information content (AvgIpc) is 3.34. The number of fused-ring (bicyclic) bond motifs is 1. The van der Waals surface area contributed by atoms with E-state index in [0.717, 1.165) is 48.8 Å². The summed E-state index contributed by atoms with van der Waals surface area (Å²) in [5.74, 6) is 1.74. The summed E-state index contributed by atoms with van der Waals surface area (Å²) in [5.41, 5.74) is 14.1. The molecule has 4 N–H and O–H groups in total. The normalized spacial score (nSPS) is 20.0. The van der Waals surface area contributed by atoms with Crippen LogP contribution in [0.25, 0.3) is 6.08 Å². The van der Waals surface area contributed by atoms with Crippen molar-refractivity contribution in [2.24, 2.45) is 16.6 Å². The quantitative estimate of drug-likeness (QED) is 0.379. The summed E-state index contributed by atoms with van der Waals surface area (Å²) in [4.78, 5) is 6.85. The molecule has 3 heterocycles. The van der Waals surface area contributed by atoms with Crippen LogP contribution in [0.15, 0.2) is 47.9 Å². The Morgan fingerprint density at radius 2 is 1.75 bits per heavy atom. The molecule has 6 heteroatoms. The molecule has 4 aliphatic rings. The van der Waals surface area contributed by atoms with Crippen LogP contribution < -0.4 is 21.5 Å². The minimum atomic E-state index is 0.667.